The van der Waals surface area contributed by atoms with Gasteiger partial charge in [0.2, 0.25) is 5.91 Å². The molecular weight excluding hydrogens is 454 g/mol. The molecule has 9 heteroatoms. The molecule has 178 valence electrons. The van der Waals surface area contributed by atoms with Crippen LogP contribution in [0.5, 0.6) is 0 Å². The number of hydrogen-bond donors (Lipinski definition) is 3. The number of carbonyl (C=O) groups is 1. The zero-order valence-corrected chi connectivity index (χ0v) is 19.7. The monoisotopic (exact) mass is 477 g/mol. The number of nitrogens with one attached hydrogen (secondary N) is 3. The molecule has 6 aromatic rings. The Balaban J connectivity index is 1.38. The quantitative estimate of drug-likeness (QED) is 0.278. The summed E-state index contributed by atoms with van der Waals surface area (Å²) in [7, 11) is 0. The van der Waals surface area contributed by atoms with Crippen LogP contribution in [0.3, 0.4) is 0 Å². The van der Waals surface area contributed by atoms with E-state index in [2.05, 4.69) is 35.5 Å². The molecular formula is C27H23N7O2. The van der Waals surface area contributed by atoms with E-state index in [0.717, 1.165) is 50.1 Å². The van der Waals surface area contributed by atoms with Crippen LogP contribution in [0.1, 0.15) is 20.3 Å². The summed E-state index contributed by atoms with van der Waals surface area (Å²) in [5.41, 5.74) is 7.35. The molecule has 0 fully saturated rings. The fraction of sp³-hybridized carbons (Fsp3) is 0.148. The predicted molar refractivity (Wildman–Crippen MR) is 138 cm³/mol. The van der Waals surface area contributed by atoms with Gasteiger partial charge in [0.15, 0.2) is 5.65 Å². The first kappa shape index (κ1) is 21.7. The lowest BCUT2D eigenvalue weighted by Crippen LogP contribution is -2.13. The molecule has 9 nitrogen and oxygen atoms in total. The second kappa shape index (κ2) is 8.77. The summed E-state index contributed by atoms with van der Waals surface area (Å²) in [4.78, 5) is 29.1. The summed E-state index contributed by atoms with van der Waals surface area (Å²) >= 11 is 0. The SMILES string of the molecule is CC(C)CC(=O)Nc1cncc(-c2cnc3[nH]nc(-c4cc5c(-c6ccoc6)nccc5[nH]4)c3c2)c1. The molecule has 3 N–H and O–H groups in total. The highest BCUT2D eigenvalue weighted by Gasteiger charge is 2.16. The van der Waals surface area contributed by atoms with Gasteiger partial charge in [0.1, 0.15) is 5.69 Å². The first-order valence-electron chi connectivity index (χ1n) is 11.7. The Kier molecular flexibility index (Phi) is 5.29. The third kappa shape index (κ3) is 4.00. The average Bonchev–Trinajstić information content (AvgIpc) is 3.62. The summed E-state index contributed by atoms with van der Waals surface area (Å²) in [6, 6.07) is 9.80. The zero-order valence-electron chi connectivity index (χ0n) is 19.7. The van der Waals surface area contributed by atoms with Gasteiger partial charge in [-0.3, -0.25) is 19.9 Å². The minimum Gasteiger partial charge on any atom is -0.472 e. The van der Waals surface area contributed by atoms with E-state index < -0.39 is 0 Å². The van der Waals surface area contributed by atoms with Crippen molar-refractivity contribution in [3.8, 4) is 33.8 Å². The lowest BCUT2D eigenvalue weighted by molar-refractivity contribution is -0.116. The van der Waals surface area contributed by atoms with Crippen molar-refractivity contribution in [2.24, 2.45) is 5.92 Å². The van der Waals surface area contributed by atoms with E-state index in [9.17, 15) is 4.79 Å². The molecule has 6 heterocycles. The van der Waals surface area contributed by atoms with Crippen LogP contribution < -0.4 is 5.32 Å². The van der Waals surface area contributed by atoms with Gasteiger partial charge >= 0.3 is 0 Å². The highest BCUT2D eigenvalue weighted by molar-refractivity contribution is 6.00. The molecule has 36 heavy (non-hydrogen) atoms. The highest BCUT2D eigenvalue weighted by Crippen LogP contribution is 2.34. The molecule has 0 aromatic carbocycles. The Morgan fingerprint density at radius 1 is 1.00 bits per heavy atom. The highest BCUT2D eigenvalue weighted by atomic mass is 16.3. The van der Waals surface area contributed by atoms with Crippen molar-refractivity contribution >= 4 is 33.5 Å². The molecule has 0 saturated heterocycles. The predicted octanol–water partition coefficient (Wildman–Crippen LogP) is 5.81. The van der Waals surface area contributed by atoms with Gasteiger partial charge in [-0.25, -0.2) is 4.98 Å². The van der Waals surface area contributed by atoms with Crippen molar-refractivity contribution in [1.82, 2.24) is 30.1 Å². The third-order valence-electron chi connectivity index (χ3n) is 5.96. The third-order valence-corrected chi connectivity index (χ3v) is 5.96. The first-order valence-corrected chi connectivity index (χ1v) is 11.7. The minimum atomic E-state index is -0.0299. The Morgan fingerprint density at radius 2 is 1.89 bits per heavy atom. The fourth-order valence-electron chi connectivity index (χ4n) is 4.33. The smallest absolute Gasteiger partial charge is 0.224 e. The van der Waals surface area contributed by atoms with E-state index in [0.29, 0.717) is 17.8 Å². The van der Waals surface area contributed by atoms with Crippen LogP contribution in [0.4, 0.5) is 5.69 Å². The van der Waals surface area contributed by atoms with Crippen molar-refractivity contribution in [2.45, 2.75) is 20.3 Å². The number of fused-ring (bicyclic) bond motifs is 2. The van der Waals surface area contributed by atoms with Crippen LogP contribution in [0, 0.1) is 5.92 Å². The molecule has 0 unspecified atom stereocenters. The summed E-state index contributed by atoms with van der Waals surface area (Å²) in [6.07, 6.45) is 10.7. The van der Waals surface area contributed by atoms with Crippen molar-refractivity contribution < 1.29 is 9.21 Å². The van der Waals surface area contributed by atoms with Gasteiger partial charge in [-0.2, -0.15) is 5.10 Å². The second-order valence-electron chi connectivity index (χ2n) is 9.12. The first-order chi connectivity index (χ1) is 17.5. The summed E-state index contributed by atoms with van der Waals surface area (Å²) in [5.74, 6) is 0.251. The number of carbonyl (C=O) groups excluding carboxylic acids is 1. The molecule has 6 aromatic heterocycles. The number of H-pyrrole nitrogens is 2. The Labute approximate surface area is 206 Å². The van der Waals surface area contributed by atoms with Crippen LogP contribution >= 0.6 is 0 Å². The maximum atomic E-state index is 12.2. The molecule has 0 spiro atoms. The number of pyridine rings is 3. The van der Waals surface area contributed by atoms with Crippen LogP contribution in [0.2, 0.25) is 0 Å². The fourth-order valence-corrected chi connectivity index (χ4v) is 4.33. The van der Waals surface area contributed by atoms with Crippen molar-refractivity contribution in [3.05, 3.63) is 67.6 Å². The maximum absolute atomic E-state index is 12.2. The molecule has 1 amide bonds. The zero-order chi connectivity index (χ0) is 24.6. The van der Waals surface area contributed by atoms with Gasteiger partial charge in [-0.05, 0) is 36.2 Å². The van der Waals surface area contributed by atoms with Crippen LogP contribution in [-0.4, -0.2) is 36.0 Å². The van der Waals surface area contributed by atoms with E-state index >= 15 is 0 Å². The van der Waals surface area contributed by atoms with Crippen molar-refractivity contribution in [2.75, 3.05) is 5.32 Å². The molecule has 0 bridgehead atoms. The van der Waals surface area contributed by atoms with Gasteiger partial charge in [0.05, 0.1) is 35.8 Å². The van der Waals surface area contributed by atoms with Crippen LogP contribution in [0.25, 0.3) is 55.7 Å². The Hall–Kier alpha value is -4.79. The molecule has 0 radical (unpaired) electrons. The maximum Gasteiger partial charge on any atom is 0.224 e. The lowest BCUT2D eigenvalue weighted by atomic mass is 10.1. The average molecular weight is 478 g/mol. The normalized spacial score (nSPS) is 11.5. The largest absolute Gasteiger partial charge is 0.472 e. The number of rotatable bonds is 6. The number of anilines is 1. The van der Waals surface area contributed by atoms with Crippen LogP contribution in [-0.2, 0) is 4.79 Å². The number of aromatic amines is 2. The standard InChI is InChI=1S/C27H23N7O2/c1-15(2)7-24(35)31-19-8-17(11-28-13-19)18-9-21-26(33-34-27(21)30-12-18)23-10-20-22(32-23)3-5-29-25(20)16-4-6-36-14-16/h3-6,8-15,32H,7H2,1-2H3,(H,31,35)(H,30,33,34). The van der Waals surface area contributed by atoms with Gasteiger partial charge in [0, 0.05) is 58.0 Å². The van der Waals surface area contributed by atoms with E-state index in [1.165, 1.54) is 0 Å². The second-order valence-corrected chi connectivity index (χ2v) is 9.12. The molecule has 0 atom stereocenters. The summed E-state index contributed by atoms with van der Waals surface area (Å²) < 4.78 is 5.25. The molecule has 0 saturated carbocycles. The van der Waals surface area contributed by atoms with Gasteiger partial charge in [-0.15, -0.1) is 0 Å². The summed E-state index contributed by atoms with van der Waals surface area (Å²) in [5, 5.41) is 12.3. The molecule has 0 aliphatic carbocycles. The number of hydrogen-bond acceptors (Lipinski definition) is 6. The minimum absolute atomic E-state index is 0.0299. The Morgan fingerprint density at radius 3 is 2.72 bits per heavy atom. The number of aromatic nitrogens is 6. The lowest BCUT2D eigenvalue weighted by Gasteiger charge is -2.08. The number of nitrogens with zero attached hydrogens (tertiary/aromatic N) is 4. The van der Waals surface area contributed by atoms with Gasteiger partial charge < -0.3 is 14.7 Å². The molecule has 6 rings (SSSR count). The van der Waals surface area contributed by atoms with Crippen molar-refractivity contribution in [3.63, 3.8) is 0 Å². The van der Waals surface area contributed by atoms with Gasteiger partial charge in [0.25, 0.3) is 0 Å². The van der Waals surface area contributed by atoms with E-state index in [4.69, 9.17) is 4.42 Å². The van der Waals surface area contributed by atoms with E-state index in [1.807, 2.05) is 44.2 Å². The number of furan rings is 1. The van der Waals surface area contributed by atoms with E-state index in [-0.39, 0.29) is 11.8 Å². The topological polar surface area (TPSA) is 125 Å². The Bertz CT molecular complexity index is 1700. The van der Waals surface area contributed by atoms with Gasteiger partial charge in [-0.1, -0.05) is 13.8 Å². The van der Waals surface area contributed by atoms with E-state index in [1.54, 1.807) is 37.3 Å². The van der Waals surface area contributed by atoms with Crippen LogP contribution in [0.15, 0.2) is 72.1 Å². The molecule has 0 aliphatic heterocycles. The molecule has 0 aliphatic rings. The van der Waals surface area contributed by atoms with Crippen molar-refractivity contribution in [1.29, 1.82) is 0 Å². The summed E-state index contributed by atoms with van der Waals surface area (Å²) in [6.45, 7) is 4.03. The number of amides is 1.